The van der Waals surface area contributed by atoms with Crippen molar-refractivity contribution >= 4 is 0 Å². The normalized spacial score (nSPS) is 12.2. The van der Waals surface area contributed by atoms with Crippen LogP contribution in [0.4, 0.5) is 0 Å². The highest BCUT2D eigenvalue weighted by Crippen LogP contribution is 2.21. The Kier molecular flexibility index (Phi) is 4.84. The summed E-state index contributed by atoms with van der Waals surface area (Å²) < 4.78 is 5.61. The molecule has 86 valence electrons. The Balaban J connectivity index is 2.84. The van der Waals surface area contributed by atoms with Crippen molar-refractivity contribution in [3.05, 3.63) is 29.8 Å². The summed E-state index contributed by atoms with van der Waals surface area (Å²) in [4.78, 5) is 0. The van der Waals surface area contributed by atoms with Gasteiger partial charge in [-0.15, -0.1) is 12.3 Å². The maximum Gasteiger partial charge on any atom is 0.120 e. The van der Waals surface area contributed by atoms with E-state index >= 15 is 0 Å². The van der Waals surface area contributed by atoms with Crippen LogP contribution in [-0.2, 0) is 0 Å². The molecule has 1 aromatic rings. The zero-order valence-electron chi connectivity index (χ0n) is 9.73. The van der Waals surface area contributed by atoms with Gasteiger partial charge in [-0.25, -0.2) is 0 Å². The summed E-state index contributed by atoms with van der Waals surface area (Å²) in [5, 5.41) is 0. The molecule has 0 aliphatic carbocycles. The van der Waals surface area contributed by atoms with E-state index in [-0.39, 0.29) is 12.1 Å². The van der Waals surface area contributed by atoms with Crippen molar-refractivity contribution in [1.29, 1.82) is 0 Å². The lowest BCUT2D eigenvalue weighted by Crippen LogP contribution is -2.27. The smallest absolute Gasteiger partial charge is 0.120 e. The molecule has 0 aliphatic heterocycles. The molecule has 1 rings (SSSR count). The first-order valence-electron chi connectivity index (χ1n) is 5.33. The van der Waals surface area contributed by atoms with E-state index in [0.717, 1.165) is 11.3 Å². The first-order valence-corrected chi connectivity index (χ1v) is 5.33. The number of ether oxygens (including phenoxy) is 1. The van der Waals surface area contributed by atoms with Crippen LogP contribution in [0.3, 0.4) is 0 Å². The number of terminal acetylenes is 1. The van der Waals surface area contributed by atoms with E-state index in [9.17, 15) is 0 Å². The summed E-state index contributed by atoms with van der Waals surface area (Å²) in [6.45, 7) is 3.99. The van der Waals surface area contributed by atoms with Crippen LogP contribution < -0.4 is 16.0 Å². The number of hydrogen-bond acceptors (Lipinski definition) is 3. The molecule has 1 aromatic carbocycles. The van der Waals surface area contributed by atoms with Crippen molar-refractivity contribution in [3.63, 3.8) is 0 Å². The predicted octanol–water partition coefficient (Wildman–Crippen LogP) is 2.00. The molecule has 3 heteroatoms. The topological polar surface area (TPSA) is 47.3 Å². The SMILES string of the molecule is C#CCC(NN)c1cccc(OC(C)C)c1. The minimum Gasteiger partial charge on any atom is -0.491 e. The second kappa shape index (κ2) is 6.16. The van der Waals surface area contributed by atoms with Crippen LogP contribution in [0, 0.1) is 12.3 Å². The lowest BCUT2D eigenvalue weighted by molar-refractivity contribution is 0.242. The van der Waals surface area contributed by atoms with Crippen molar-refractivity contribution < 1.29 is 4.74 Å². The number of nitrogens with one attached hydrogen (secondary N) is 1. The van der Waals surface area contributed by atoms with Crippen LogP contribution in [0.15, 0.2) is 24.3 Å². The molecule has 0 amide bonds. The molecular formula is C13H18N2O. The van der Waals surface area contributed by atoms with Gasteiger partial charge in [0.2, 0.25) is 0 Å². The van der Waals surface area contributed by atoms with E-state index in [0.29, 0.717) is 6.42 Å². The Morgan fingerprint density at radius 1 is 1.50 bits per heavy atom. The zero-order chi connectivity index (χ0) is 12.0. The van der Waals surface area contributed by atoms with Gasteiger partial charge in [-0.1, -0.05) is 12.1 Å². The van der Waals surface area contributed by atoms with Crippen molar-refractivity contribution in [3.8, 4) is 18.1 Å². The highest BCUT2D eigenvalue weighted by atomic mass is 16.5. The molecule has 0 heterocycles. The van der Waals surface area contributed by atoms with Gasteiger partial charge < -0.3 is 4.74 Å². The summed E-state index contributed by atoms with van der Waals surface area (Å²) in [5.41, 5.74) is 3.74. The molecule has 0 aliphatic rings. The third-order valence-electron chi connectivity index (χ3n) is 2.16. The second-order valence-corrected chi connectivity index (χ2v) is 3.87. The number of nitrogens with two attached hydrogens (primary N) is 1. The summed E-state index contributed by atoms with van der Waals surface area (Å²) in [6, 6.07) is 7.78. The van der Waals surface area contributed by atoms with E-state index in [1.165, 1.54) is 0 Å². The van der Waals surface area contributed by atoms with Crippen molar-refractivity contribution in [1.82, 2.24) is 5.43 Å². The van der Waals surface area contributed by atoms with Crippen LogP contribution in [0.2, 0.25) is 0 Å². The fraction of sp³-hybridized carbons (Fsp3) is 0.385. The van der Waals surface area contributed by atoms with Gasteiger partial charge in [-0.3, -0.25) is 11.3 Å². The molecule has 0 radical (unpaired) electrons. The largest absolute Gasteiger partial charge is 0.491 e. The lowest BCUT2D eigenvalue weighted by Gasteiger charge is -2.16. The number of hydrazine groups is 1. The third-order valence-corrected chi connectivity index (χ3v) is 2.16. The molecule has 0 saturated heterocycles. The van der Waals surface area contributed by atoms with Crippen LogP contribution in [0.5, 0.6) is 5.75 Å². The monoisotopic (exact) mass is 218 g/mol. The quantitative estimate of drug-likeness (QED) is 0.451. The Hall–Kier alpha value is -1.50. The minimum absolute atomic E-state index is 0.0271. The van der Waals surface area contributed by atoms with Gasteiger partial charge in [-0.2, -0.15) is 0 Å². The molecule has 1 unspecified atom stereocenters. The zero-order valence-corrected chi connectivity index (χ0v) is 9.73. The van der Waals surface area contributed by atoms with Gasteiger partial charge in [0.1, 0.15) is 5.75 Å². The van der Waals surface area contributed by atoms with Crippen molar-refractivity contribution in [2.75, 3.05) is 0 Å². The van der Waals surface area contributed by atoms with Crippen LogP contribution in [0.1, 0.15) is 31.9 Å². The summed E-state index contributed by atoms with van der Waals surface area (Å²) in [7, 11) is 0. The molecule has 3 nitrogen and oxygen atoms in total. The van der Waals surface area contributed by atoms with Crippen molar-refractivity contribution in [2.45, 2.75) is 32.4 Å². The standard InChI is InChI=1S/C13H18N2O/c1-4-6-13(15-14)11-7-5-8-12(9-11)16-10(2)3/h1,5,7-10,13,15H,6,14H2,2-3H3. The molecule has 0 spiro atoms. The molecule has 3 N–H and O–H groups in total. The Morgan fingerprint density at radius 2 is 2.25 bits per heavy atom. The molecule has 0 saturated carbocycles. The van der Waals surface area contributed by atoms with Gasteiger partial charge in [0.25, 0.3) is 0 Å². The van der Waals surface area contributed by atoms with E-state index in [4.69, 9.17) is 17.0 Å². The summed E-state index contributed by atoms with van der Waals surface area (Å²) >= 11 is 0. The average molecular weight is 218 g/mol. The first-order chi connectivity index (χ1) is 7.67. The summed E-state index contributed by atoms with van der Waals surface area (Å²) in [6.07, 6.45) is 6.00. The Labute approximate surface area is 97.0 Å². The van der Waals surface area contributed by atoms with E-state index in [1.54, 1.807) is 0 Å². The van der Waals surface area contributed by atoms with Gasteiger partial charge >= 0.3 is 0 Å². The minimum atomic E-state index is -0.0271. The van der Waals surface area contributed by atoms with E-state index in [1.807, 2.05) is 38.1 Å². The molecular weight excluding hydrogens is 200 g/mol. The Morgan fingerprint density at radius 3 is 2.81 bits per heavy atom. The van der Waals surface area contributed by atoms with E-state index < -0.39 is 0 Å². The predicted molar refractivity (Wildman–Crippen MR) is 65.7 cm³/mol. The van der Waals surface area contributed by atoms with Crippen molar-refractivity contribution in [2.24, 2.45) is 5.84 Å². The fourth-order valence-electron chi connectivity index (χ4n) is 1.47. The highest BCUT2D eigenvalue weighted by Gasteiger charge is 2.09. The molecule has 0 bridgehead atoms. The van der Waals surface area contributed by atoms with Gasteiger partial charge in [0.05, 0.1) is 12.1 Å². The highest BCUT2D eigenvalue weighted by molar-refractivity contribution is 5.31. The molecule has 0 aromatic heterocycles. The lowest BCUT2D eigenvalue weighted by atomic mass is 10.0. The van der Waals surface area contributed by atoms with Crippen LogP contribution in [-0.4, -0.2) is 6.10 Å². The molecule has 0 fully saturated rings. The maximum absolute atomic E-state index is 5.61. The van der Waals surface area contributed by atoms with Gasteiger partial charge in [0.15, 0.2) is 0 Å². The van der Waals surface area contributed by atoms with Gasteiger partial charge in [0, 0.05) is 6.42 Å². The maximum atomic E-state index is 5.61. The summed E-state index contributed by atoms with van der Waals surface area (Å²) in [5.74, 6) is 8.89. The third kappa shape index (κ3) is 3.58. The number of benzene rings is 1. The number of rotatable bonds is 5. The molecule has 16 heavy (non-hydrogen) atoms. The second-order valence-electron chi connectivity index (χ2n) is 3.87. The number of hydrogen-bond donors (Lipinski definition) is 2. The van der Waals surface area contributed by atoms with Crippen LogP contribution >= 0.6 is 0 Å². The fourth-order valence-corrected chi connectivity index (χ4v) is 1.47. The average Bonchev–Trinajstić information content (AvgIpc) is 2.25. The first kappa shape index (κ1) is 12.6. The van der Waals surface area contributed by atoms with Crippen LogP contribution in [0.25, 0.3) is 0 Å². The molecule has 1 atom stereocenters. The Bertz CT molecular complexity index is 368. The van der Waals surface area contributed by atoms with Gasteiger partial charge in [-0.05, 0) is 31.5 Å². The van der Waals surface area contributed by atoms with E-state index in [2.05, 4.69) is 11.3 Å².